The first-order valence-corrected chi connectivity index (χ1v) is 4.81. The van der Waals surface area contributed by atoms with Crippen molar-refractivity contribution in [3.8, 4) is 0 Å². The lowest BCUT2D eigenvalue weighted by Crippen LogP contribution is -2.44. The van der Waals surface area contributed by atoms with Gasteiger partial charge in [-0.15, -0.1) is 0 Å². The van der Waals surface area contributed by atoms with Crippen LogP contribution in [0.3, 0.4) is 0 Å². The van der Waals surface area contributed by atoms with Crippen LogP contribution in [0.25, 0.3) is 0 Å². The van der Waals surface area contributed by atoms with Gasteiger partial charge in [0.1, 0.15) is 0 Å². The Hall–Kier alpha value is -0.750. The normalized spacial score (nSPS) is 19.4. The van der Waals surface area contributed by atoms with Crippen molar-refractivity contribution in [3.63, 3.8) is 0 Å². The molecular weight excluding hydrogens is 238 g/mol. The number of alkyl halides is 6. The van der Waals surface area contributed by atoms with Crippen LogP contribution in [0.5, 0.6) is 0 Å². The van der Waals surface area contributed by atoms with E-state index < -0.39 is 30.0 Å². The minimum absolute atomic E-state index is 0.126. The average molecular weight is 248 g/mol. The van der Waals surface area contributed by atoms with Gasteiger partial charge >= 0.3 is 12.4 Å². The topological polar surface area (TPSA) is 17.1 Å². The molecule has 0 saturated heterocycles. The summed E-state index contributed by atoms with van der Waals surface area (Å²) in [4.78, 5) is 11.2. The highest BCUT2D eigenvalue weighted by Gasteiger charge is 2.61. The molecule has 0 heterocycles. The van der Waals surface area contributed by atoms with Gasteiger partial charge in [0.2, 0.25) is 5.92 Å². The molecule has 1 saturated carbocycles. The summed E-state index contributed by atoms with van der Waals surface area (Å²) in [7, 11) is 0. The molecule has 1 fully saturated rings. The summed E-state index contributed by atoms with van der Waals surface area (Å²) in [6, 6.07) is 0. The fraction of sp³-hybridized carbons (Fsp3) is 0.889. The summed E-state index contributed by atoms with van der Waals surface area (Å²) >= 11 is 0. The number of rotatable bonds is 2. The average Bonchev–Trinajstić information content (AvgIpc) is 2.48. The Morgan fingerprint density at radius 2 is 1.31 bits per heavy atom. The number of carbonyl (C=O) groups is 1. The molecule has 0 aromatic heterocycles. The Kier molecular flexibility index (Phi) is 3.54. The van der Waals surface area contributed by atoms with Crippen LogP contribution < -0.4 is 0 Å². The number of halogens is 6. The maximum Gasteiger partial charge on any atom is 0.407 e. The molecule has 1 nitrogen and oxygen atoms in total. The molecule has 0 aromatic rings. The van der Waals surface area contributed by atoms with E-state index in [1.54, 1.807) is 0 Å². The van der Waals surface area contributed by atoms with Gasteiger partial charge < -0.3 is 0 Å². The Bertz CT molecular complexity index is 246. The molecule has 0 bridgehead atoms. The third kappa shape index (κ3) is 2.89. The monoisotopic (exact) mass is 248 g/mol. The second kappa shape index (κ2) is 4.25. The van der Waals surface area contributed by atoms with Crippen molar-refractivity contribution in [3.05, 3.63) is 0 Å². The smallest absolute Gasteiger partial charge is 0.298 e. The van der Waals surface area contributed by atoms with Crippen LogP contribution in [0.2, 0.25) is 0 Å². The van der Waals surface area contributed by atoms with Gasteiger partial charge in [0.05, 0.1) is 0 Å². The molecule has 7 heteroatoms. The van der Waals surface area contributed by atoms with E-state index in [0.717, 1.165) is 0 Å². The van der Waals surface area contributed by atoms with Crippen LogP contribution in [0.15, 0.2) is 0 Å². The van der Waals surface area contributed by atoms with Crippen molar-refractivity contribution < 1.29 is 31.1 Å². The Morgan fingerprint density at radius 3 is 1.62 bits per heavy atom. The summed E-state index contributed by atoms with van der Waals surface area (Å²) in [6.45, 7) is 0. The molecule has 1 rings (SSSR count). The second-order valence-corrected chi connectivity index (χ2v) is 3.90. The van der Waals surface area contributed by atoms with Crippen LogP contribution in [-0.2, 0) is 4.79 Å². The lowest BCUT2D eigenvalue weighted by Gasteiger charge is -2.24. The van der Waals surface area contributed by atoms with Crippen LogP contribution in [0, 0.1) is 11.8 Å². The molecular formula is C9H10F6O. The molecule has 0 aliphatic heterocycles. The fourth-order valence-electron chi connectivity index (χ4n) is 1.95. The van der Waals surface area contributed by atoms with Gasteiger partial charge in [0.25, 0.3) is 0 Å². The minimum Gasteiger partial charge on any atom is -0.298 e. The molecule has 94 valence electrons. The lowest BCUT2D eigenvalue weighted by atomic mass is 9.90. The zero-order valence-corrected chi connectivity index (χ0v) is 8.16. The van der Waals surface area contributed by atoms with Crippen LogP contribution in [-0.4, -0.2) is 18.1 Å². The molecule has 16 heavy (non-hydrogen) atoms. The van der Waals surface area contributed by atoms with Crippen molar-refractivity contribution in [2.24, 2.45) is 11.8 Å². The minimum atomic E-state index is -5.54. The highest BCUT2D eigenvalue weighted by molar-refractivity contribution is 5.85. The second-order valence-electron chi connectivity index (χ2n) is 3.90. The molecule has 0 radical (unpaired) electrons. The van der Waals surface area contributed by atoms with Gasteiger partial charge in [-0.1, -0.05) is 12.8 Å². The maximum absolute atomic E-state index is 12.2. The molecule has 0 spiro atoms. The first-order chi connectivity index (χ1) is 7.14. The summed E-state index contributed by atoms with van der Waals surface area (Å²) < 4.78 is 73.1. The molecule has 1 aliphatic carbocycles. The predicted octanol–water partition coefficient (Wildman–Crippen LogP) is 3.49. The third-order valence-electron chi connectivity index (χ3n) is 2.70. The van der Waals surface area contributed by atoms with Crippen molar-refractivity contribution >= 4 is 5.78 Å². The number of hydrogen-bond donors (Lipinski definition) is 0. The van der Waals surface area contributed by atoms with Gasteiger partial charge in [-0.25, -0.2) is 0 Å². The first kappa shape index (κ1) is 13.3. The molecule has 0 unspecified atom stereocenters. The summed E-state index contributed by atoms with van der Waals surface area (Å²) in [6.07, 6.45) is -9.81. The van der Waals surface area contributed by atoms with Gasteiger partial charge in [-0.3, -0.25) is 4.79 Å². The van der Waals surface area contributed by atoms with Crippen LogP contribution in [0.4, 0.5) is 26.3 Å². The lowest BCUT2D eigenvalue weighted by molar-refractivity contribution is -0.274. The summed E-state index contributed by atoms with van der Waals surface area (Å²) in [5, 5.41) is 0. The SMILES string of the molecule is O=C(C1CCCC1)C(C(F)(F)F)C(F)(F)F. The van der Waals surface area contributed by atoms with Crippen molar-refractivity contribution in [1.29, 1.82) is 0 Å². The molecule has 0 aromatic carbocycles. The van der Waals surface area contributed by atoms with Gasteiger partial charge in [0, 0.05) is 5.92 Å². The highest BCUT2D eigenvalue weighted by atomic mass is 19.4. The number of carbonyl (C=O) groups excluding carboxylic acids is 1. The van der Waals surface area contributed by atoms with E-state index >= 15 is 0 Å². The van der Waals surface area contributed by atoms with Crippen LogP contribution in [0.1, 0.15) is 25.7 Å². The standard InChI is InChI=1S/C9H10F6O/c10-8(11,12)7(9(13,14)15)6(16)5-3-1-2-4-5/h5,7H,1-4H2. The quantitative estimate of drug-likeness (QED) is 0.683. The van der Waals surface area contributed by atoms with Crippen molar-refractivity contribution in [2.75, 3.05) is 0 Å². The number of hydrogen-bond acceptors (Lipinski definition) is 1. The third-order valence-corrected chi connectivity index (χ3v) is 2.70. The predicted molar refractivity (Wildman–Crippen MR) is 42.6 cm³/mol. The van der Waals surface area contributed by atoms with E-state index in [1.165, 1.54) is 0 Å². The van der Waals surface area contributed by atoms with E-state index in [1.807, 2.05) is 0 Å². The Morgan fingerprint density at radius 1 is 0.938 bits per heavy atom. The molecule has 1 aliphatic rings. The van der Waals surface area contributed by atoms with Crippen molar-refractivity contribution in [2.45, 2.75) is 38.0 Å². The van der Waals surface area contributed by atoms with Gasteiger partial charge in [-0.05, 0) is 12.8 Å². The van der Waals surface area contributed by atoms with E-state index in [0.29, 0.717) is 12.8 Å². The highest BCUT2D eigenvalue weighted by Crippen LogP contribution is 2.43. The van der Waals surface area contributed by atoms with Crippen molar-refractivity contribution in [1.82, 2.24) is 0 Å². The zero-order valence-electron chi connectivity index (χ0n) is 8.16. The summed E-state index contributed by atoms with van der Waals surface area (Å²) in [5.41, 5.74) is 0. The fourth-order valence-corrected chi connectivity index (χ4v) is 1.95. The number of ketones is 1. The van der Waals surface area contributed by atoms with Crippen LogP contribution >= 0.6 is 0 Å². The molecule has 0 atom stereocenters. The molecule has 0 N–H and O–H groups in total. The Balaban J connectivity index is 2.89. The van der Waals surface area contributed by atoms with Gasteiger partial charge in [-0.2, -0.15) is 26.3 Å². The van der Waals surface area contributed by atoms with E-state index in [-0.39, 0.29) is 12.8 Å². The summed E-state index contributed by atoms with van der Waals surface area (Å²) in [5.74, 6) is -6.63. The first-order valence-electron chi connectivity index (χ1n) is 4.81. The molecule has 0 amide bonds. The van der Waals surface area contributed by atoms with Gasteiger partial charge in [0.15, 0.2) is 5.78 Å². The Labute approximate surface area is 87.8 Å². The number of Topliss-reactive ketones (excluding diaryl/α,β-unsaturated/α-hetero) is 1. The maximum atomic E-state index is 12.2. The van der Waals surface area contributed by atoms with E-state index in [4.69, 9.17) is 0 Å². The van der Waals surface area contributed by atoms with E-state index in [2.05, 4.69) is 0 Å². The van der Waals surface area contributed by atoms with E-state index in [9.17, 15) is 31.1 Å². The largest absolute Gasteiger partial charge is 0.407 e. The zero-order chi connectivity index (χ0) is 12.6.